The topological polar surface area (TPSA) is 60.7 Å². The van der Waals surface area contributed by atoms with E-state index in [0.29, 0.717) is 0 Å². The Kier molecular flexibility index (Phi) is 10.5. The molecule has 0 unspecified atom stereocenters. The second-order valence-corrected chi connectivity index (χ2v) is 6.98. The van der Waals surface area contributed by atoms with E-state index in [1.54, 1.807) is 0 Å². The summed E-state index contributed by atoms with van der Waals surface area (Å²) in [5.41, 5.74) is 3.53. The minimum Gasteiger partial charge on any atom is -0.356 e. The number of aromatic nitrogens is 2. The number of nitrogens with zero attached hydrogens (tertiary/aromatic N) is 5. The molecule has 1 aromatic rings. The first-order valence-electron chi connectivity index (χ1n) is 9.35. The van der Waals surface area contributed by atoms with Crippen LogP contribution >= 0.6 is 24.0 Å². The minimum absolute atomic E-state index is 0. The summed E-state index contributed by atoms with van der Waals surface area (Å²) < 4.78 is 1.93. The molecule has 2 heterocycles. The molecule has 1 aliphatic rings. The van der Waals surface area contributed by atoms with Gasteiger partial charge in [-0.05, 0) is 53.4 Å². The van der Waals surface area contributed by atoms with Crippen molar-refractivity contribution in [1.29, 1.82) is 0 Å². The first kappa shape index (κ1) is 23.2. The zero-order chi connectivity index (χ0) is 18.2. The van der Waals surface area contributed by atoms with Gasteiger partial charge < -0.3 is 20.4 Å². The molecule has 0 saturated carbocycles. The highest BCUT2D eigenvalue weighted by Crippen LogP contribution is 2.11. The second-order valence-electron chi connectivity index (χ2n) is 6.98. The van der Waals surface area contributed by atoms with Crippen LogP contribution in [0.3, 0.4) is 0 Å². The Labute approximate surface area is 175 Å². The average Bonchev–Trinajstić information content (AvgIpc) is 2.74. The zero-order valence-corrected chi connectivity index (χ0v) is 19.3. The summed E-state index contributed by atoms with van der Waals surface area (Å²) in [6, 6.07) is 0. The number of nitrogens with one attached hydrogen (secondary N) is 2. The van der Waals surface area contributed by atoms with E-state index in [1.165, 1.54) is 43.9 Å². The smallest absolute Gasteiger partial charge is 0.191 e. The highest BCUT2D eigenvalue weighted by molar-refractivity contribution is 14.0. The maximum Gasteiger partial charge on any atom is 0.191 e. The number of hydrogen-bond acceptors (Lipinski definition) is 4. The SMILES string of the molecule is CN=C(NCCCN1CCCN(C)CC1)NCc1c(C)nn(C)c1C.I. The molecule has 1 aliphatic heterocycles. The number of likely N-dealkylation sites (N-methyl/N-ethyl adjacent to an activating group) is 1. The predicted octanol–water partition coefficient (Wildman–Crippen LogP) is 1.35. The van der Waals surface area contributed by atoms with Crippen LogP contribution in [0.4, 0.5) is 0 Å². The Hall–Kier alpha value is -0.870. The molecule has 0 aliphatic carbocycles. The number of halogens is 1. The van der Waals surface area contributed by atoms with Gasteiger partial charge in [0.15, 0.2) is 5.96 Å². The molecule has 8 heteroatoms. The fourth-order valence-corrected chi connectivity index (χ4v) is 3.30. The third-order valence-electron chi connectivity index (χ3n) is 5.07. The van der Waals surface area contributed by atoms with Gasteiger partial charge in [0.05, 0.1) is 5.69 Å². The molecule has 1 fully saturated rings. The molecule has 0 aromatic carbocycles. The zero-order valence-electron chi connectivity index (χ0n) is 17.0. The third-order valence-corrected chi connectivity index (χ3v) is 5.07. The fraction of sp³-hybridized carbons (Fsp3) is 0.778. The van der Waals surface area contributed by atoms with Gasteiger partial charge in [0.1, 0.15) is 0 Å². The summed E-state index contributed by atoms with van der Waals surface area (Å²) >= 11 is 0. The van der Waals surface area contributed by atoms with Crippen molar-refractivity contribution in [3.63, 3.8) is 0 Å². The van der Waals surface area contributed by atoms with Gasteiger partial charge in [-0.1, -0.05) is 0 Å². The number of aryl methyl sites for hydroxylation is 2. The maximum absolute atomic E-state index is 4.46. The van der Waals surface area contributed by atoms with Crippen molar-refractivity contribution < 1.29 is 0 Å². The molecule has 7 nitrogen and oxygen atoms in total. The first-order chi connectivity index (χ1) is 12.0. The van der Waals surface area contributed by atoms with Crippen LogP contribution in [0.25, 0.3) is 0 Å². The molecule has 26 heavy (non-hydrogen) atoms. The van der Waals surface area contributed by atoms with Gasteiger partial charge in [-0.15, -0.1) is 24.0 Å². The highest BCUT2D eigenvalue weighted by Gasteiger charge is 2.12. The van der Waals surface area contributed by atoms with E-state index in [9.17, 15) is 0 Å². The molecule has 1 saturated heterocycles. The van der Waals surface area contributed by atoms with Gasteiger partial charge in [-0.3, -0.25) is 9.67 Å². The summed E-state index contributed by atoms with van der Waals surface area (Å²) in [7, 11) is 6.02. The van der Waals surface area contributed by atoms with Crippen LogP contribution in [0.2, 0.25) is 0 Å². The minimum atomic E-state index is 0. The summed E-state index contributed by atoms with van der Waals surface area (Å²) in [6.07, 6.45) is 2.41. The largest absolute Gasteiger partial charge is 0.356 e. The molecular formula is C18H36IN7. The van der Waals surface area contributed by atoms with Gasteiger partial charge in [0, 0.05) is 51.5 Å². The van der Waals surface area contributed by atoms with E-state index in [-0.39, 0.29) is 24.0 Å². The fourth-order valence-electron chi connectivity index (χ4n) is 3.30. The van der Waals surface area contributed by atoms with Crippen LogP contribution in [-0.4, -0.2) is 78.9 Å². The van der Waals surface area contributed by atoms with Gasteiger partial charge in [0.25, 0.3) is 0 Å². The lowest BCUT2D eigenvalue weighted by Gasteiger charge is -2.20. The Bertz CT molecular complexity index is 570. The number of hydrogen-bond donors (Lipinski definition) is 2. The lowest BCUT2D eigenvalue weighted by Crippen LogP contribution is -2.39. The first-order valence-corrected chi connectivity index (χ1v) is 9.35. The van der Waals surface area contributed by atoms with E-state index in [4.69, 9.17) is 0 Å². The van der Waals surface area contributed by atoms with Crippen molar-refractivity contribution >= 4 is 29.9 Å². The molecule has 0 amide bonds. The summed E-state index contributed by atoms with van der Waals surface area (Å²) in [6.45, 7) is 11.8. The Morgan fingerprint density at radius 1 is 1.12 bits per heavy atom. The number of aliphatic imine (C=N–C) groups is 1. The van der Waals surface area contributed by atoms with Crippen molar-refractivity contribution in [2.24, 2.45) is 12.0 Å². The monoisotopic (exact) mass is 477 g/mol. The maximum atomic E-state index is 4.46. The summed E-state index contributed by atoms with van der Waals surface area (Å²) in [5.74, 6) is 0.859. The Morgan fingerprint density at radius 3 is 2.54 bits per heavy atom. The predicted molar refractivity (Wildman–Crippen MR) is 119 cm³/mol. The van der Waals surface area contributed by atoms with E-state index in [2.05, 4.69) is 51.4 Å². The van der Waals surface area contributed by atoms with Crippen molar-refractivity contribution in [1.82, 2.24) is 30.2 Å². The van der Waals surface area contributed by atoms with Crippen LogP contribution in [0.1, 0.15) is 29.8 Å². The quantitative estimate of drug-likeness (QED) is 0.281. The molecule has 0 spiro atoms. The van der Waals surface area contributed by atoms with Crippen molar-refractivity contribution in [2.75, 3.05) is 53.4 Å². The van der Waals surface area contributed by atoms with Gasteiger partial charge >= 0.3 is 0 Å². The molecular weight excluding hydrogens is 441 g/mol. The van der Waals surface area contributed by atoms with E-state index in [1.807, 2.05) is 18.8 Å². The van der Waals surface area contributed by atoms with Crippen LogP contribution in [0.15, 0.2) is 4.99 Å². The standard InChI is InChI=1S/C18H35N7.HI/c1-15-17(16(2)24(5)22-15)14-21-18(19-3)20-8-6-10-25-11-7-9-23(4)12-13-25;/h6-14H2,1-5H3,(H2,19,20,21);1H. The molecule has 0 atom stereocenters. The van der Waals surface area contributed by atoms with Crippen LogP contribution in [-0.2, 0) is 13.6 Å². The molecule has 150 valence electrons. The van der Waals surface area contributed by atoms with Crippen molar-refractivity contribution in [3.8, 4) is 0 Å². The van der Waals surface area contributed by atoms with Crippen LogP contribution in [0, 0.1) is 13.8 Å². The summed E-state index contributed by atoms with van der Waals surface area (Å²) in [4.78, 5) is 9.32. The normalized spacial score (nSPS) is 16.9. The van der Waals surface area contributed by atoms with Gasteiger partial charge in [-0.25, -0.2) is 0 Å². The lowest BCUT2D eigenvalue weighted by molar-refractivity contribution is 0.274. The third kappa shape index (κ3) is 7.03. The molecule has 0 radical (unpaired) electrons. The van der Waals surface area contributed by atoms with Gasteiger partial charge in [0.2, 0.25) is 0 Å². The van der Waals surface area contributed by atoms with Crippen LogP contribution in [0.5, 0.6) is 0 Å². The molecule has 0 bridgehead atoms. The average molecular weight is 477 g/mol. The lowest BCUT2D eigenvalue weighted by atomic mass is 10.2. The number of guanidine groups is 1. The van der Waals surface area contributed by atoms with Gasteiger partial charge in [-0.2, -0.15) is 5.10 Å². The Morgan fingerprint density at radius 2 is 1.88 bits per heavy atom. The van der Waals surface area contributed by atoms with E-state index in [0.717, 1.165) is 37.7 Å². The van der Waals surface area contributed by atoms with Crippen molar-refractivity contribution in [3.05, 3.63) is 17.0 Å². The molecule has 2 N–H and O–H groups in total. The van der Waals surface area contributed by atoms with E-state index >= 15 is 0 Å². The molecule has 1 aromatic heterocycles. The van der Waals surface area contributed by atoms with E-state index < -0.39 is 0 Å². The molecule has 2 rings (SSSR count). The highest BCUT2D eigenvalue weighted by atomic mass is 127. The van der Waals surface area contributed by atoms with Crippen LogP contribution < -0.4 is 10.6 Å². The number of rotatable bonds is 6. The second kappa shape index (κ2) is 11.8. The van der Waals surface area contributed by atoms with Crippen molar-refractivity contribution in [2.45, 2.75) is 33.2 Å². The summed E-state index contributed by atoms with van der Waals surface area (Å²) in [5, 5.41) is 11.3. The Balaban J connectivity index is 0.00000338.